The first-order valence-corrected chi connectivity index (χ1v) is 11.1. The molecular formula is C24H25F2N5O3. The lowest BCUT2D eigenvalue weighted by Gasteiger charge is -2.43. The molecule has 2 atom stereocenters. The molecule has 1 aromatic carbocycles. The SMILES string of the molecule is CC[C@@]12CNc3nnc(-c4cc(F)cc(F)c4OC)cc3N1C[C@H](Oc1ccc(CO)cn1)C2. The summed E-state index contributed by atoms with van der Waals surface area (Å²) in [4.78, 5) is 6.53. The Morgan fingerprint density at radius 1 is 1.24 bits per heavy atom. The summed E-state index contributed by atoms with van der Waals surface area (Å²) in [6, 6.07) is 7.29. The van der Waals surface area contributed by atoms with Crippen molar-refractivity contribution in [2.75, 3.05) is 30.4 Å². The van der Waals surface area contributed by atoms with Gasteiger partial charge in [-0.1, -0.05) is 6.92 Å². The number of nitrogens with zero attached hydrogens (tertiary/aromatic N) is 4. The van der Waals surface area contributed by atoms with Crippen LogP contribution in [0.4, 0.5) is 20.3 Å². The molecule has 10 heteroatoms. The minimum Gasteiger partial charge on any atom is -0.493 e. The molecule has 0 unspecified atom stereocenters. The third-order valence-corrected chi connectivity index (χ3v) is 6.63. The number of halogens is 2. The van der Waals surface area contributed by atoms with Crippen LogP contribution in [0.5, 0.6) is 11.6 Å². The minimum absolute atomic E-state index is 0.0742. The molecule has 2 aliphatic rings. The van der Waals surface area contributed by atoms with E-state index < -0.39 is 11.6 Å². The highest BCUT2D eigenvalue weighted by molar-refractivity contribution is 5.78. The van der Waals surface area contributed by atoms with Crippen molar-refractivity contribution in [1.82, 2.24) is 15.2 Å². The summed E-state index contributed by atoms with van der Waals surface area (Å²) < 4.78 is 39.7. The van der Waals surface area contributed by atoms with Crippen molar-refractivity contribution in [1.29, 1.82) is 0 Å². The predicted octanol–water partition coefficient (Wildman–Crippen LogP) is 3.55. The first-order valence-electron chi connectivity index (χ1n) is 11.1. The Hall–Kier alpha value is -3.53. The third-order valence-electron chi connectivity index (χ3n) is 6.63. The fourth-order valence-corrected chi connectivity index (χ4v) is 4.85. The molecule has 0 spiro atoms. The lowest BCUT2D eigenvalue weighted by Crippen LogP contribution is -2.52. The molecule has 0 radical (unpaired) electrons. The van der Waals surface area contributed by atoms with E-state index in [1.807, 2.05) is 0 Å². The average Bonchev–Trinajstić information content (AvgIpc) is 3.23. The standard InChI is InChI=1S/C24H25F2N5O3/c1-3-24-9-16(34-21-5-4-14(12-32)10-27-21)11-31(24)20-8-19(29-30-23(20)28-13-24)17-6-15(25)7-18(26)22(17)33-2/h4-8,10,16,32H,3,9,11-13H2,1-2H3,(H,28,30)/t16-,24-/m1/s1. The molecule has 0 saturated carbocycles. The van der Waals surface area contributed by atoms with E-state index in [9.17, 15) is 13.9 Å². The van der Waals surface area contributed by atoms with E-state index in [4.69, 9.17) is 9.47 Å². The number of anilines is 2. The Kier molecular flexibility index (Phi) is 5.68. The second-order valence-corrected chi connectivity index (χ2v) is 8.58. The van der Waals surface area contributed by atoms with Crippen molar-refractivity contribution in [3.63, 3.8) is 0 Å². The van der Waals surface area contributed by atoms with Gasteiger partial charge in [0.1, 0.15) is 11.9 Å². The zero-order chi connectivity index (χ0) is 23.9. The number of aliphatic hydroxyl groups is 1. The number of aromatic nitrogens is 3. The fourth-order valence-electron chi connectivity index (χ4n) is 4.85. The largest absolute Gasteiger partial charge is 0.493 e. The molecule has 2 N–H and O–H groups in total. The van der Waals surface area contributed by atoms with Crippen LogP contribution >= 0.6 is 0 Å². The number of fused-ring (bicyclic) bond motifs is 3. The van der Waals surface area contributed by atoms with Gasteiger partial charge in [-0.3, -0.25) is 0 Å². The highest BCUT2D eigenvalue weighted by atomic mass is 19.1. The van der Waals surface area contributed by atoms with Crippen molar-refractivity contribution in [2.45, 2.75) is 38.0 Å². The number of hydrogen-bond donors (Lipinski definition) is 2. The first-order chi connectivity index (χ1) is 16.5. The van der Waals surface area contributed by atoms with Gasteiger partial charge in [-0.15, -0.1) is 10.2 Å². The van der Waals surface area contributed by atoms with E-state index in [-0.39, 0.29) is 29.6 Å². The molecule has 0 bridgehead atoms. The summed E-state index contributed by atoms with van der Waals surface area (Å²) in [5, 5.41) is 21.1. The van der Waals surface area contributed by atoms with Crippen LogP contribution in [-0.2, 0) is 6.61 Å². The number of rotatable bonds is 6. The number of nitrogens with one attached hydrogen (secondary N) is 1. The zero-order valence-electron chi connectivity index (χ0n) is 18.9. The summed E-state index contributed by atoms with van der Waals surface area (Å²) >= 11 is 0. The van der Waals surface area contributed by atoms with Gasteiger partial charge in [0.05, 0.1) is 42.7 Å². The Morgan fingerprint density at radius 3 is 2.79 bits per heavy atom. The number of benzene rings is 1. The summed E-state index contributed by atoms with van der Waals surface area (Å²) in [5.41, 5.74) is 1.80. The van der Waals surface area contributed by atoms with Crippen LogP contribution in [-0.4, -0.2) is 52.1 Å². The van der Waals surface area contributed by atoms with Crippen LogP contribution in [0.25, 0.3) is 11.3 Å². The van der Waals surface area contributed by atoms with Crippen molar-refractivity contribution in [3.8, 4) is 22.9 Å². The summed E-state index contributed by atoms with van der Waals surface area (Å²) in [7, 11) is 1.33. The first kappa shape index (κ1) is 22.3. The van der Waals surface area contributed by atoms with Gasteiger partial charge in [0.2, 0.25) is 5.88 Å². The lowest BCUT2D eigenvalue weighted by atomic mass is 9.90. The van der Waals surface area contributed by atoms with Gasteiger partial charge in [0.15, 0.2) is 17.4 Å². The van der Waals surface area contributed by atoms with Crippen LogP contribution in [0.3, 0.4) is 0 Å². The van der Waals surface area contributed by atoms with Crippen LogP contribution < -0.4 is 19.7 Å². The van der Waals surface area contributed by atoms with Crippen LogP contribution in [0.15, 0.2) is 36.5 Å². The maximum Gasteiger partial charge on any atom is 0.213 e. The van der Waals surface area contributed by atoms with E-state index >= 15 is 0 Å². The minimum atomic E-state index is -0.799. The Bertz CT molecular complexity index is 1210. The smallest absolute Gasteiger partial charge is 0.213 e. The number of aliphatic hydroxyl groups excluding tert-OH is 1. The molecule has 0 aliphatic carbocycles. The fraction of sp³-hybridized carbons (Fsp3) is 0.375. The molecule has 1 saturated heterocycles. The molecule has 0 amide bonds. The zero-order valence-corrected chi connectivity index (χ0v) is 18.9. The molecule has 5 rings (SSSR count). The third kappa shape index (κ3) is 3.77. The molecular weight excluding hydrogens is 444 g/mol. The van der Waals surface area contributed by atoms with Crippen LogP contribution in [0.1, 0.15) is 25.3 Å². The van der Waals surface area contributed by atoms with Crippen LogP contribution in [0, 0.1) is 11.6 Å². The highest BCUT2D eigenvalue weighted by Gasteiger charge is 2.49. The van der Waals surface area contributed by atoms with Crippen LogP contribution in [0.2, 0.25) is 0 Å². The van der Waals surface area contributed by atoms with Crippen molar-refractivity contribution in [2.24, 2.45) is 0 Å². The second-order valence-electron chi connectivity index (χ2n) is 8.58. The Balaban J connectivity index is 1.48. The monoisotopic (exact) mass is 469 g/mol. The lowest BCUT2D eigenvalue weighted by molar-refractivity contribution is 0.201. The molecule has 8 nitrogen and oxygen atoms in total. The molecule has 2 aliphatic heterocycles. The molecule has 1 fully saturated rings. The van der Waals surface area contributed by atoms with E-state index in [2.05, 4.69) is 32.3 Å². The summed E-state index contributed by atoms with van der Waals surface area (Å²) in [5.74, 6) is -0.499. The van der Waals surface area contributed by atoms with E-state index in [1.54, 1.807) is 24.4 Å². The van der Waals surface area contributed by atoms with Gasteiger partial charge in [-0.25, -0.2) is 13.8 Å². The molecule has 178 valence electrons. The van der Waals surface area contributed by atoms with E-state index in [1.165, 1.54) is 13.2 Å². The predicted molar refractivity (Wildman–Crippen MR) is 122 cm³/mol. The number of pyridine rings is 1. The van der Waals surface area contributed by atoms with E-state index in [0.29, 0.717) is 30.5 Å². The van der Waals surface area contributed by atoms with Crippen molar-refractivity contribution < 1.29 is 23.4 Å². The van der Waals surface area contributed by atoms with Gasteiger partial charge in [0.25, 0.3) is 0 Å². The normalized spacial score (nSPS) is 21.0. The highest BCUT2D eigenvalue weighted by Crippen LogP contribution is 2.45. The molecule has 4 heterocycles. The van der Waals surface area contributed by atoms with E-state index in [0.717, 1.165) is 30.2 Å². The molecule has 2 aromatic heterocycles. The Morgan fingerprint density at radius 2 is 2.09 bits per heavy atom. The Labute approximate surface area is 195 Å². The summed E-state index contributed by atoms with van der Waals surface area (Å²) in [6.45, 7) is 3.30. The maximum absolute atomic E-state index is 14.3. The number of methoxy groups -OCH3 is 1. The van der Waals surface area contributed by atoms with Gasteiger partial charge >= 0.3 is 0 Å². The quantitative estimate of drug-likeness (QED) is 0.566. The molecule has 3 aromatic rings. The number of ether oxygens (including phenoxy) is 2. The maximum atomic E-state index is 14.3. The molecule has 34 heavy (non-hydrogen) atoms. The topological polar surface area (TPSA) is 92.6 Å². The number of hydrogen-bond acceptors (Lipinski definition) is 8. The van der Waals surface area contributed by atoms with Gasteiger partial charge < -0.3 is 24.8 Å². The van der Waals surface area contributed by atoms with Gasteiger partial charge in [0, 0.05) is 31.3 Å². The average molecular weight is 469 g/mol. The second kappa shape index (κ2) is 8.68. The van der Waals surface area contributed by atoms with Crippen molar-refractivity contribution >= 4 is 11.5 Å². The van der Waals surface area contributed by atoms with Crippen molar-refractivity contribution in [3.05, 3.63) is 53.7 Å². The van der Waals surface area contributed by atoms with Gasteiger partial charge in [-0.05, 0) is 30.2 Å². The summed E-state index contributed by atoms with van der Waals surface area (Å²) in [6.07, 6.45) is 3.08. The van der Waals surface area contributed by atoms with Gasteiger partial charge in [-0.2, -0.15) is 0 Å².